The van der Waals surface area contributed by atoms with Crippen LogP contribution in [0.1, 0.15) is 33.1 Å². The Morgan fingerprint density at radius 2 is 2.00 bits per heavy atom. The van der Waals surface area contributed by atoms with Gasteiger partial charge in [0.1, 0.15) is 9.84 Å². The normalized spacial score (nSPS) is 16.3. The Labute approximate surface area is 93.0 Å². The van der Waals surface area contributed by atoms with E-state index in [0.717, 1.165) is 6.42 Å². The molecule has 0 amide bonds. The van der Waals surface area contributed by atoms with Crippen molar-refractivity contribution in [1.29, 1.82) is 0 Å². The molecule has 1 atom stereocenters. The summed E-state index contributed by atoms with van der Waals surface area (Å²) in [7, 11) is -2.85. The molecule has 0 aromatic rings. The highest BCUT2D eigenvalue weighted by atomic mass is 32.2. The van der Waals surface area contributed by atoms with Crippen molar-refractivity contribution in [2.45, 2.75) is 38.6 Å². The van der Waals surface area contributed by atoms with Gasteiger partial charge in [0, 0.05) is 18.4 Å². The lowest BCUT2D eigenvalue weighted by atomic mass is 9.95. The third kappa shape index (κ3) is 7.76. The van der Waals surface area contributed by atoms with Crippen molar-refractivity contribution < 1.29 is 13.5 Å². The lowest BCUT2D eigenvalue weighted by Crippen LogP contribution is -2.43. The van der Waals surface area contributed by atoms with E-state index in [1.165, 1.54) is 6.26 Å². The molecule has 0 aliphatic heterocycles. The Morgan fingerprint density at radius 1 is 1.40 bits per heavy atom. The fourth-order valence-electron chi connectivity index (χ4n) is 1.36. The zero-order chi connectivity index (χ0) is 11.9. The third-order valence-corrected chi connectivity index (χ3v) is 3.72. The minimum atomic E-state index is -2.85. The molecule has 2 N–H and O–H groups in total. The fourth-order valence-corrected chi connectivity index (χ4v) is 2.03. The van der Waals surface area contributed by atoms with E-state index < -0.39 is 9.84 Å². The largest absolute Gasteiger partial charge is 0.396 e. The number of sulfone groups is 1. The zero-order valence-corrected chi connectivity index (χ0v) is 10.7. The number of aliphatic hydroxyl groups is 1. The molecule has 0 aromatic carbocycles. The van der Waals surface area contributed by atoms with Gasteiger partial charge in [-0.05, 0) is 32.7 Å². The van der Waals surface area contributed by atoms with Crippen LogP contribution in [-0.4, -0.2) is 44.2 Å². The van der Waals surface area contributed by atoms with Crippen LogP contribution in [0.4, 0.5) is 0 Å². The van der Waals surface area contributed by atoms with Crippen molar-refractivity contribution in [3.05, 3.63) is 0 Å². The molecule has 0 rings (SSSR count). The SMILES string of the molecule is CCC(C)(CCO)NCCCS(C)(=O)=O. The summed E-state index contributed by atoms with van der Waals surface area (Å²) in [4.78, 5) is 0. The van der Waals surface area contributed by atoms with Crippen LogP contribution in [0.3, 0.4) is 0 Å². The van der Waals surface area contributed by atoms with Crippen LogP contribution in [0, 0.1) is 0 Å². The molecule has 0 saturated carbocycles. The highest BCUT2D eigenvalue weighted by Crippen LogP contribution is 2.13. The molecule has 0 radical (unpaired) electrons. The predicted octanol–water partition coefficient (Wildman–Crippen LogP) is 0.562. The van der Waals surface area contributed by atoms with Gasteiger partial charge in [-0.3, -0.25) is 0 Å². The fraction of sp³-hybridized carbons (Fsp3) is 1.00. The number of rotatable bonds is 8. The molecule has 15 heavy (non-hydrogen) atoms. The van der Waals surface area contributed by atoms with Gasteiger partial charge in [-0.25, -0.2) is 8.42 Å². The number of hydrogen-bond donors (Lipinski definition) is 2. The molecular formula is C10H23NO3S. The first-order valence-corrected chi connectivity index (χ1v) is 7.42. The first-order chi connectivity index (χ1) is 6.83. The standard InChI is InChI=1S/C10H23NO3S/c1-4-10(2,6-8-12)11-7-5-9-15(3,13)14/h11-12H,4-9H2,1-3H3. The highest BCUT2D eigenvalue weighted by molar-refractivity contribution is 7.90. The lowest BCUT2D eigenvalue weighted by molar-refractivity contribution is 0.216. The first kappa shape index (κ1) is 14.9. The van der Waals surface area contributed by atoms with Crippen molar-refractivity contribution in [1.82, 2.24) is 5.32 Å². The molecule has 4 nitrogen and oxygen atoms in total. The summed E-state index contributed by atoms with van der Waals surface area (Å²) in [5, 5.41) is 12.2. The van der Waals surface area contributed by atoms with Crippen molar-refractivity contribution in [3.8, 4) is 0 Å². The average molecular weight is 237 g/mol. The molecule has 0 heterocycles. The van der Waals surface area contributed by atoms with Crippen LogP contribution >= 0.6 is 0 Å². The van der Waals surface area contributed by atoms with Gasteiger partial charge in [0.25, 0.3) is 0 Å². The predicted molar refractivity (Wildman–Crippen MR) is 62.7 cm³/mol. The Kier molecular flexibility index (Phi) is 6.40. The maximum absolute atomic E-state index is 10.9. The van der Waals surface area contributed by atoms with Crippen molar-refractivity contribution >= 4 is 9.84 Å². The van der Waals surface area contributed by atoms with Crippen LogP contribution in [0.25, 0.3) is 0 Å². The van der Waals surface area contributed by atoms with Gasteiger partial charge in [-0.2, -0.15) is 0 Å². The lowest BCUT2D eigenvalue weighted by Gasteiger charge is -2.29. The maximum Gasteiger partial charge on any atom is 0.147 e. The Bertz CT molecular complexity index is 264. The summed E-state index contributed by atoms with van der Waals surface area (Å²) < 4.78 is 21.8. The second-order valence-electron chi connectivity index (χ2n) is 4.30. The average Bonchev–Trinajstić information content (AvgIpc) is 2.12. The molecule has 0 saturated heterocycles. The summed E-state index contributed by atoms with van der Waals surface area (Å²) >= 11 is 0. The summed E-state index contributed by atoms with van der Waals surface area (Å²) in [6.45, 7) is 4.93. The van der Waals surface area contributed by atoms with E-state index in [1.54, 1.807) is 0 Å². The van der Waals surface area contributed by atoms with Crippen molar-refractivity contribution in [3.63, 3.8) is 0 Å². The smallest absolute Gasteiger partial charge is 0.147 e. The first-order valence-electron chi connectivity index (χ1n) is 5.36. The van der Waals surface area contributed by atoms with E-state index in [2.05, 4.69) is 12.2 Å². The van der Waals surface area contributed by atoms with Crippen LogP contribution in [-0.2, 0) is 9.84 Å². The summed E-state index contributed by atoms with van der Waals surface area (Å²) in [5.41, 5.74) is -0.0771. The van der Waals surface area contributed by atoms with Gasteiger partial charge in [0.15, 0.2) is 0 Å². The van der Waals surface area contributed by atoms with Crippen LogP contribution in [0.5, 0.6) is 0 Å². The summed E-state index contributed by atoms with van der Waals surface area (Å²) in [5.74, 6) is 0.221. The topological polar surface area (TPSA) is 66.4 Å². The molecule has 0 fully saturated rings. The van der Waals surface area contributed by atoms with E-state index in [4.69, 9.17) is 5.11 Å². The Hall–Kier alpha value is -0.130. The van der Waals surface area contributed by atoms with Crippen molar-refractivity contribution in [2.75, 3.05) is 25.2 Å². The minimum Gasteiger partial charge on any atom is -0.396 e. The molecule has 1 unspecified atom stereocenters. The minimum absolute atomic E-state index is 0.0771. The third-order valence-electron chi connectivity index (χ3n) is 2.69. The van der Waals surface area contributed by atoms with Gasteiger partial charge < -0.3 is 10.4 Å². The zero-order valence-electron chi connectivity index (χ0n) is 9.91. The van der Waals surface area contributed by atoms with Crippen LogP contribution in [0.2, 0.25) is 0 Å². The number of hydrogen-bond acceptors (Lipinski definition) is 4. The van der Waals surface area contributed by atoms with E-state index in [-0.39, 0.29) is 17.9 Å². The molecule has 92 valence electrons. The number of aliphatic hydroxyl groups excluding tert-OH is 1. The molecule has 5 heteroatoms. The van der Waals surface area contributed by atoms with Crippen LogP contribution in [0.15, 0.2) is 0 Å². The highest BCUT2D eigenvalue weighted by Gasteiger charge is 2.19. The molecule has 0 bridgehead atoms. The second-order valence-corrected chi connectivity index (χ2v) is 6.56. The van der Waals surface area contributed by atoms with Gasteiger partial charge in [0.2, 0.25) is 0 Å². The van der Waals surface area contributed by atoms with Gasteiger partial charge in [0.05, 0.1) is 5.75 Å². The Balaban J connectivity index is 3.82. The Morgan fingerprint density at radius 3 is 2.40 bits per heavy atom. The summed E-state index contributed by atoms with van der Waals surface area (Å²) in [6, 6.07) is 0. The van der Waals surface area contributed by atoms with Gasteiger partial charge in [-0.15, -0.1) is 0 Å². The number of nitrogens with one attached hydrogen (secondary N) is 1. The van der Waals surface area contributed by atoms with E-state index >= 15 is 0 Å². The summed E-state index contributed by atoms with van der Waals surface area (Å²) in [6.07, 6.45) is 3.49. The molecule has 0 aliphatic rings. The van der Waals surface area contributed by atoms with Gasteiger partial charge >= 0.3 is 0 Å². The van der Waals surface area contributed by atoms with E-state index in [9.17, 15) is 8.42 Å². The maximum atomic E-state index is 10.9. The van der Waals surface area contributed by atoms with Crippen molar-refractivity contribution in [2.24, 2.45) is 0 Å². The molecule has 0 aromatic heterocycles. The van der Waals surface area contributed by atoms with E-state index in [1.807, 2.05) is 6.92 Å². The molecule has 0 aliphatic carbocycles. The van der Waals surface area contributed by atoms with Gasteiger partial charge in [-0.1, -0.05) is 6.92 Å². The molecule has 0 spiro atoms. The quantitative estimate of drug-likeness (QED) is 0.605. The van der Waals surface area contributed by atoms with Crippen LogP contribution < -0.4 is 5.32 Å². The molecular weight excluding hydrogens is 214 g/mol. The van der Waals surface area contributed by atoms with E-state index in [0.29, 0.717) is 19.4 Å². The monoisotopic (exact) mass is 237 g/mol. The second kappa shape index (κ2) is 6.45.